The van der Waals surface area contributed by atoms with E-state index in [2.05, 4.69) is 15.5 Å². The highest BCUT2D eigenvalue weighted by molar-refractivity contribution is 7.92. The zero-order valence-electron chi connectivity index (χ0n) is 17.2. The quantitative estimate of drug-likeness (QED) is 0.146. The van der Waals surface area contributed by atoms with Gasteiger partial charge in [0.1, 0.15) is 12.3 Å². The summed E-state index contributed by atoms with van der Waals surface area (Å²) in [6.45, 7) is 1.45. The summed E-state index contributed by atoms with van der Waals surface area (Å²) in [6.07, 6.45) is -5.17. The van der Waals surface area contributed by atoms with Gasteiger partial charge in [-0.25, -0.2) is 8.42 Å². The molecule has 1 aromatic carbocycles. The lowest BCUT2D eigenvalue weighted by Crippen LogP contribution is -2.30. The first-order valence-electron chi connectivity index (χ1n) is 9.20. The first-order valence-corrected chi connectivity index (χ1v) is 10.7. The second-order valence-electron chi connectivity index (χ2n) is 6.69. The van der Waals surface area contributed by atoms with Crippen LogP contribution in [0.25, 0.3) is 0 Å². The first kappa shape index (κ1) is 25.5. The number of aryl methyl sites for hydroxylation is 1. The number of oxime groups is 1. The topological polar surface area (TPSA) is 182 Å². The Hall–Kier alpha value is -3.75. The molecular weight excluding hydrogens is 469 g/mol. The molecule has 1 aromatic heterocycles. The number of amides is 1. The van der Waals surface area contributed by atoms with Crippen molar-refractivity contribution in [3.8, 4) is 0 Å². The fraction of sp³-hybridized carbons (Fsp3) is 0.278. The molecule has 11 nitrogen and oxygen atoms in total. The van der Waals surface area contributed by atoms with E-state index in [9.17, 15) is 31.2 Å². The average molecular weight is 490 g/mol. The molecule has 0 radical (unpaired) electrons. The molecular formula is C18H21F3N6O5S. The Morgan fingerprint density at radius 3 is 2.58 bits per heavy atom. The zero-order chi connectivity index (χ0) is 24.8. The molecule has 33 heavy (non-hydrogen) atoms. The third-order valence-electron chi connectivity index (χ3n) is 3.99. The van der Waals surface area contributed by atoms with Gasteiger partial charge in [0.2, 0.25) is 11.9 Å². The summed E-state index contributed by atoms with van der Waals surface area (Å²) in [5, 5.41) is 5.72. The lowest BCUT2D eigenvalue weighted by atomic mass is 10.1. The number of anilines is 1. The van der Waals surface area contributed by atoms with Crippen LogP contribution in [0.1, 0.15) is 16.8 Å². The van der Waals surface area contributed by atoms with Crippen molar-refractivity contribution >= 4 is 27.6 Å². The van der Waals surface area contributed by atoms with E-state index in [4.69, 9.17) is 16.3 Å². The molecule has 0 fully saturated rings. The van der Waals surface area contributed by atoms with Crippen LogP contribution in [-0.2, 0) is 32.3 Å². The summed E-state index contributed by atoms with van der Waals surface area (Å²) in [5.74, 6) is -0.897. The van der Waals surface area contributed by atoms with Crippen molar-refractivity contribution in [3.63, 3.8) is 0 Å². The molecule has 1 heterocycles. The second-order valence-corrected chi connectivity index (χ2v) is 8.37. The number of halogens is 3. The van der Waals surface area contributed by atoms with Crippen LogP contribution < -0.4 is 27.1 Å². The van der Waals surface area contributed by atoms with E-state index in [1.54, 1.807) is 0 Å². The third kappa shape index (κ3) is 7.41. The lowest BCUT2D eigenvalue weighted by molar-refractivity contribution is -0.137. The smallest absolute Gasteiger partial charge is 0.391 e. The van der Waals surface area contributed by atoms with Crippen LogP contribution in [-0.4, -0.2) is 38.4 Å². The van der Waals surface area contributed by atoms with E-state index >= 15 is 0 Å². The molecule has 15 heteroatoms. The van der Waals surface area contributed by atoms with Gasteiger partial charge in [-0.2, -0.15) is 13.2 Å². The number of sulfonamides is 1. The number of nitrogens with zero attached hydrogens (tertiary/aromatic N) is 1. The summed E-state index contributed by atoms with van der Waals surface area (Å²) in [5.41, 5.74) is 7.95. The Kier molecular flexibility index (Phi) is 7.92. The van der Waals surface area contributed by atoms with Crippen molar-refractivity contribution in [2.24, 2.45) is 16.6 Å². The maximum Gasteiger partial charge on any atom is 0.416 e. The van der Waals surface area contributed by atoms with Crippen LogP contribution in [0, 0.1) is 6.92 Å². The SMILES string of the molecule is Cc1cc(CC(=O)NCCON=C(N)N)c(NS(=O)(=O)c2cccc(C(F)(F)F)c2)c(=O)[nH]1. The monoisotopic (exact) mass is 490 g/mol. The van der Waals surface area contributed by atoms with Crippen molar-refractivity contribution in [1.29, 1.82) is 0 Å². The molecule has 0 aliphatic rings. The van der Waals surface area contributed by atoms with Gasteiger partial charge >= 0.3 is 6.18 Å². The molecule has 2 rings (SSSR count). The van der Waals surface area contributed by atoms with Crippen molar-refractivity contribution < 1.29 is 31.2 Å². The van der Waals surface area contributed by atoms with Crippen LogP contribution in [0.4, 0.5) is 18.9 Å². The number of aromatic nitrogens is 1. The number of aromatic amines is 1. The average Bonchev–Trinajstić information content (AvgIpc) is 2.69. The third-order valence-corrected chi connectivity index (χ3v) is 5.34. The molecule has 0 spiro atoms. The van der Waals surface area contributed by atoms with Crippen molar-refractivity contribution in [2.75, 3.05) is 17.9 Å². The van der Waals surface area contributed by atoms with E-state index in [-0.39, 0.29) is 24.7 Å². The largest absolute Gasteiger partial charge is 0.416 e. The number of carbonyl (C=O) groups is 1. The number of pyridine rings is 1. The highest BCUT2D eigenvalue weighted by atomic mass is 32.2. The number of nitrogens with one attached hydrogen (secondary N) is 3. The number of hydrogen-bond acceptors (Lipinski definition) is 6. The Labute approximate surface area is 186 Å². The lowest BCUT2D eigenvalue weighted by Gasteiger charge is -2.14. The van der Waals surface area contributed by atoms with Gasteiger partial charge in [-0.1, -0.05) is 6.07 Å². The van der Waals surface area contributed by atoms with E-state index < -0.39 is 50.2 Å². The van der Waals surface area contributed by atoms with Crippen molar-refractivity contribution in [3.05, 3.63) is 57.5 Å². The van der Waals surface area contributed by atoms with Gasteiger partial charge in [0.25, 0.3) is 15.6 Å². The number of H-pyrrole nitrogens is 1. The number of benzene rings is 1. The molecule has 0 bridgehead atoms. The van der Waals surface area contributed by atoms with Gasteiger partial charge in [0.05, 0.1) is 23.4 Å². The summed E-state index contributed by atoms with van der Waals surface area (Å²) in [7, 11) is -4.58. The molecule has 0 atom stereocenters. The maximum atomic E-state index is 12.9. The van der Waals surface area contributed by atoms with E-state index in [1.807, 2.05) is 4.72 Å². The van der Waals surface area contributed by atoms with Crippen LogP contribution in [0.3, 0.4) is 0 Å². The Bertz CT molecular complexity index is 1210. The Balaban J connectivity index is 2.25. The minimum Gasteiger partial charge on any atom is -0.391 e. The van der Waals surface area contributed by atoms with Gasteiger partial charge in [0, 0.05) is 5.69 Å². The zero-order valence-corrected chi connectivity index (χ0v) is 18.0. The molecule has 7 N–H and O–H groups in total. The van der Waals surface area contributed by atoms with Crippen molar-refractivity contribution in [2.45, 2.75) is 24.4 Å². The fourth-order valence-electron chi connectivity index (χ4n) is 2.63. The number of guanidine groups is 1. The van der Waals surface area contributed by atoms with E-state index in [1.165, 1.54) is 13.0 Å². The number of rotatable bonds is 9. The summed E-state index contributed by atoms with van der Waals surface area (Å²) < 4.78 is 66.2. The molecule has 180 valence electrons. The van der Waals surface area contributed by atoms with Crippen molar-refractivity contribution in [1.82, 2.24) is 10.3 Å². The molecule has 2 aromatic rings. The minimum atomic E-state index is -4.76. The summed E-state index contributed by atoms with van der Waals surface area (Å²) in [6, 6.07) is 4.39. The molecule has 0 saturated heterocycles. The maximum absolute atomic E-state index is 12.9. The second kappa shape index (κ2) is 10.2. The van der Waals surface area contributed by atoms with Gasteiger partial charge in [-0.15, -0.1) is 0 Å². The van der Waals surface area contributed by atoms with Crippen LogP contribution >= 0.6 is 0 Å². The predicted octanol–water partition coefficient (Wildman–Crippen LogP) is 0.367. The van der Waals surface area contributed by atoms with Gasteiger partial charge in [-0.3, -0.25) is 14.3 Å². The standard InChI is InChI=1S/C18H21F3N6O5S/c1-10-7-11(8-14(28)24-5-6-32-26-17(22)23)15(16(29)25-10)27-33(30,31)13-4-2-3-12(9-13)18(19,20)21/h2-4,7,9,27H,5-6,8H2,1H3,(H,24,28)(H,25,29)(H4,22,23,26). The van der Waals surface area contributed by atoms with Gasteiger partial charge in [-0.05, 0) is 41.9 Å². The molecule has 0 unspecified atom stereocenters. The van der Waals surface area contributed by atoms with Crippen LogP contribution in [0.2, 0.25) is 0 Å². The molecule has 0 saturated carbocycles. The molecule has 0 aliphatic carbocycles. The van der Waals surface area contributed by atoms with E-state index in [0.29, 0.717) is 17.8 Å². The summed E-state index contributed by atoms with van der Waals surface area (Å²) in [4.78, 5) is 31.0. The molecule has 0 aliphatic heterocycles. The Morgan fingerprint density at radius 1 is 1.24 bits per heavy atom. The van der Waals surface area contributed by atoms with Crippen LogP contribution in [0.5, 0.6) is 0 Å². The Morgan fingerprint density at radius 2 is 1.94 bits per heavy atom. The number of carbonyl (C=O) groups excluding carboxylic acids is 1. The van der Waals surface area contributed by atoms with E-state index in [0.717, 1.165) is 12.1 Å². The van der Waals surface area contributed by atoms with Gasteiger partial charge in [0.15, 0.2) is 0 Å². The predicted molar refractivity (Wildman–Crippen MR) is 113 cm³/mol. The number of nitrogens with two attached hydrogens (primary N) is 2. The summed E-state index contributed by atoms with van der Waals surface area (Å²) >= 11 is 0. The van der Waals surface area contributed by atoms with Gasteiger partial charge < -0.3 is 26.6 Å². The highest BCUT2D eigenvalue weighted by Crippen LogP contribution is 2.31. The van der Waals surface area contributed by atoms with Crippen LogP contribution in [0.15, 0.2) is 45.2 Å². The minimum absolute atomic E-state index is 0.00306. The highest BCUT2D eigenvalue weighted by Gasteiger charge is 2.32. The normalized spacial score (nSPS) is 11.5. The molecule has 1 amide bonds. The fourth-order valence-corrected chi connectivity index (χ4v) is 3.78. The first-order chi connectivity index (χ1) is 15.3. The number of alkyl halides is 3. The number of hydrogen-bond donors (Lipinski definition) is 5.